The van der Waals surface area contributed by atoms with Crippen LogP contribution in [0.4, 0.5) is 17.1 Å². The monoisotopic (exact) mass is 406 g/mol. The number of fused-ring (bicyclic) bond motifs is 3. The van der Waals surface area contributed by atoms with E-state index in [9.17, 15) is 0 Å². The molecule has 1 aliphatic heterocycles. The van der Waals surface area contributed by atoms with Gasteiger partial charge < -0.3 is 10.6 Å². The highest BCUT2D eigenvalue weighted by Crippen LogP contribution is 2.49. The fourth-order valence-corrected chi connectivity index (χ4v) is 5.01. The normalized spacial score (nSPS) is 20.3. The Hall–Kier alpha value is -3.26. The van der Waals surface area contributed by atoms with Crippen LogP contribution < -0.4 is 10.6 Å². The van der Waals surface area contributed by atoms with Gasteiger partial charge in [0.05, 0.1) is 0 Å². The van der Waals surface area contributed by atoms with E-state index in [1.807, 2.05) is 0 Å². The van der Waals surface area contributed by atoms with Crippen LogP contribution in [0, 0.1) is 5.92 Å². The molecule has 31 heavy (non-hydrogen) atoms. The average molecular weight is 407 g/mol. The number of benzene rings is 4. The second-order valence-electron chi connectivity index (χ2n) is 9.28. The van der Waals surface area contributed by atoms with E-state index in [4.69, 9.17) is 0 Å². The van der Waals surface area contributed by atoms with E-state index < -0.39 is 0 Å². The Balaban J connectivity index is 1.76. The van der Waals surface area contributed by atoms with Gasteiger partial charge in [0.15, 0.2) is 0 Å². The van der Waals surface area contributed by atoms with Crippen LogP contribution in [0.1, 0.15) is 38.3 Å². The van der Waals surface area contributed by atoms with Gasteiger partial charge >= 0.3 is 0 Å². The molecular formula is C29H30N2. The van der Waals surface area contributed by atoms with Crippen LogP contribution in [0.25, 0.3) is 10.8 Å². The molecular weight excluding hydrogens is 376 g/mol. The molecule has 0 bridgehead atoms. The molecule has 0 aliphatic carbocycles. The van der Waals surface area contributed by atoms with E-state index in [0.29, 0.717) is 12.0 Å². The summed E-state index contributed by atoms with van der Waals surface area (Å²) in [5.41, 5.74) is 6.24. The summed E-state index contributed by atoms with van der Waals surface area (Å²) in [7, 11) is 0. The van der Waals surface area contributed by atoms with E-state index in [1.165, 1.54) is 27.6 Å². The molecule has 0 saturated heterocycles. The molecule has 1 aliphatic rings. The number of para-hydroxylation sites is 1. The lowest BCUT2D eigenvalue weighted by Crippen LogP contribution is -2.41. The third-order valence-electron chi connectivity index (χ3n) is 6.87. The summed E-state index contributed by atoms with van der Waals surface area (Å²) >= 11 is 0. The van der Waals surface area contributed by atoms with Crippen LogP contribution in [0.5, 0.6) is 0 Å². The quantitative estimate of drug-likeness (QED) is 0.362. The zero-order chi connectivity index (χ0) is 21.4. The van der Waals surface area contributed by atoms with Gasteiger partial charge in [-0.3, -0.25) is 0 Å². The van der Waals surface area contributed by atoms with Crippen molar-refractivity contribution in [3.05, 3.63) is 102 Å². The third-order valence-corrected chi connectivity index (χ3v) is 6.87. The summed E-state index contributed by atoms with van der Waals surface area (Å²) in [6, 6.07) is 33.0. The molecule has 2 nitrogen and oxygen atoms in total. The summed E-state index contributed by atoms with van der Waals surface area (Å²) in [6.07, 6.45) is 1.07. The highest BCUT2D eigenvalue weighted by Gasteiger charge is 2.40. The molecule has 0 spiro atoms. The minimum atomic E-state index is -0.0616. The summed E-state index contributed by atoms with van der Waals surface area (Å²) < 4.78 is 0. The largest absolute Gasteiger partial charge is 0.381 e. The number of nitrogens with one attached hydrogen (secondary N) is 2. The molecule has 2 heteroatoms. The summed E-state index contributed by atoms with van der Waals surface area (Å²) in [5, 5.41) is 10.2. The lowest BCUT2D eigenvalue weighted by atomic mass is 9.67. The van der Waals surface area contributed by atoms with Gasteiger partial charge in [-0.1, -0.05) is 93.6 Å². The number of hydrogen-bond donors (Lipinski definition) is 2. The van der Waals surface area contributed by atoms with Crippen LogP contribution >= 0.6 is 0 Å². The molecule has 1 heterocycles. The van der Waals surface area contributed by atoms with Crippen molar-refractivity contribution in [1.82, 2.24) is 0 Å². The zero-order valence-corrected chi connectivity index (χ0v) is 18.5. The Morgan fingerprint density at radius 2 is 1.45 bits per heavy atom. The number of rotatable bonds is 4. The van der Waals surface area contributed by atoms with Gasteiger partial charge in [-0.15, -0.1) is 0 Å². The second kappa shape index (κ2) is 7.77. The van der Waals surface area contributed by atoms with Gasteiger partial charge in [0.25, 0.3) is 0 Å². The summed E-state index contributed by atoms with van der Waals surface area (Å²) in [6.45, 7) is 7.06. The van der Waals surface area contributed by atoms with E-state index >= 15 is 0 Å². The standard InChI is InChI=1S/C29H30N2/c1-20(2)27-19-29(3,21-12-6-4-7-13-21)25-18-26(30-22-14-8-5-9-15-22)23-16-10-11-17-24(23)28(25)31-27/h4-18,20,27,30-31H,19H2,1-3H3. The van der Waals surface area contributed by atoms with Gasteiger partial charge in [-0.05, 0) is 41.7 Å². The first-order chi connectivity index (χ1) is 15.1. The lowest BCUT2D eigenvalue weighted by molar-refractivity contribution is 0.387. The summed E-state index contributed by atoms with van der Waals surface area (Å²) in [5.74, 6) is 0.553. The zero-order valence-electron chi connectivity index (χ0n) is 18.5. The maximum atomic E-state index is 3.93. The minimum absolute atomic E-state index is 0.0616. The predicted octanol–water partition coefficient (Wildman–Crippen LogP) is 7.73. The molecule has 5 rings (SSSR count). The Labute approximate surface area is 185 Å². The van der Waals surface area contributed by atoms with Crippen LogP contribution in [0.2, 0.25) is 0 Å². The van der Waals surface area contributed by atoms with Gasteiger partial charge in [0.2, 0.25) is 0 Å². The Morgan fingerprint density at radius 1 is 0.839 bits per heavy atom. The Morgan fingerprint density at radius 3 is 2.13 bits per heavy atom. The van der Waals surface area contributed by atoms with Crippen molar-refractivity contribution in [1.29, 1.82) is 0 Å². The predicted molar refractivity (Wildman–Crippen MR) is 133 cm³/mol. The smallest absolute Gasteiger partial charge is 0.0468 e. The molecule has 156 valence electrons. The van der Waals surface area contributed by atoms with E-state index in [1.54, 1.807) is 0 Å². The van der Waals surface area contributed by atoms with Crippen LogP contribution in [0.3, 0.4) is 0 Å². The van der Waals surface area contributed by atoms with Crippen molar-refractivity contribution in [2.24, 2.45) is 5.92 Å². The maximum absolute atomic E-state index is 3.93. The topological polar surface area (TPSA) is 24.1 Å². The fourth-order valence-electron chi connectivity index (χ4n) is 5.01. The SMILES string of the molecule is CC(C)C1CC(C)(c2ccccc2)c2cc(Nc3ccccc3)c3ccccc3c2N1. The van der Waals surface area contributed by atoms with E-state index in [-0.39, 0.29) is 5.41 Å². The molecule has 0 radical (unpaired) electrons. The first kappa shape index (κ1) is 19.7. The first-order valence-electron chi connectivity index (χ1n) is 11.3. The molecule has 2 atom stereocenters. The van der Waals surface area contributed by atoms with Crippen molar-refractivity contribution in [2.75, 3.05) is 10.6 Å². The van der Waals surface area contributed by atoms with E-state index in [2.05, 4.69) is 122 Å². The van der Waals surface area contributed by atoms with Gasteiger partial charge in [0.1, 0.15) is 0 Å². The highest BCUT2D eigenvalue weighted by molar-refractivity contribution is 6.05. The maximum Gasteiger partial charge on any atom is 0.0468 e. The minimum Gasteiger partial charge on any atom is -0.381 e. The van der Waals surface area contributed by atoms with Crippen molar-refractivity contribution in [2.45, 2.75) is 38.6 Å². The molecule has 2 unspecified atom stereocenters. The molecule has 0 saturated carbocycles. The van der Waals surface area contributed by atoms with E-state index in [0.717, 1.165) is 17.8 Å². The molecule has 4 aromatic rings. The second-order valence-corrected chi connectivity index (χ2v) is 9.28. The molecule has 2 N–H and O–H groups in total. The number of anilines is 3. The molecule has 0 aromatic heterocycles. The molecule has 4 aromatic carbocycles. The molecule has 0 fully saturated rings. The highest BCUT2D eigenvalue weighted by atomic mass is 15.0. The summed E-state index contributed by atoms with van der Waals surface area (Å²) in [4.78, 5) is 0. The van der Waals surface area contributed by atoms with Crippen LogP contribution in [-0.4, -0.2) is 6.04 Å². The van der Waals surface area contributed by atoms with Crippen molar-refractivity contribution in [3.8, 4) is 0 Å². The molecule has 0 amide bonds. The third kappa shape index (κ3) is 3.46. The van der Waals surface area contributed by atoms with Crippen LogP contribution in [-0.2, 0) is 5.41 Å². The fraction of sp³-hybridized carbons (Fsp3) is 0.241. The van der Waals surface area contributed by atoms with Gasteiger partial charge in [0, 0.05) is 39.3 Å². The number of hydrogen-bond acceptors (Lipinski definition) is 2. The average Bonchev–Trinajstić information content (AvgIpc) is 2.81. The Kier molecular flexibility index (Phi) is 4.94. The van der Waals surface area contributed by atoms with Crippen molar-refractivity contribution >= 4 is 27.8 Å². The first-order valence-corrected chi connectivity index (χ1v) is 11.3. The lowest BCUT2D eigenvalue weighted by Gasteiger charge is -2.44. The van der Waals surface area contributed by atoms with Gasteiger partial charge in [-0.25, -0.2) is 0 Å². The van der Waals surface area contributed by atoms with Crippen molar-refractivity contribution < 1.29 is 0 Å². The van der Waals surface area contributed by atoms with Crippen molar-refractivity contribution in [3.63, 3.8) is 0 Å². The van der Waals surface area contributed by atoms with Gasteiger partial charge in [-0.2, -0.15) is 0 Å². The Bertz CT molecular complexity index is 1200. The van der Waals surface area contributed by atoms with Crippen LogP contribution in [0.15, 0.2) is 91.0 Å².